The number of methoxy groups -OCH3 is 1. The summed E-state index contributed by atoms with van der Waals surface area (Å²) >= 11 is 0. The van der Waals surface area contributed by atoms with Crippen LogP contribution in [0.4, 0.5) is 0 Å². The van der Waals surface area contributed by atoms with Crippen LogP contribution in [0.2, 0.25) is 0 Å². The number of rotatable bonds is 10. The fourth-order valence-corrected chi connectivity index (χ4v) is 1.81. The molecule has 0 saturated heterocycles. The molecule has 0 aromatic rings. The molecule has 0 aliphatic carbocycles. The highest BCUT2D eigenvalue weighted by atomic mass is 16.5. The second-order valence-electron chi connectivity index (χ2n) is 4.82. The van der Waals surface area contributed by atoms with Crippen molar-refractivity contribution in [2.75, 3.05) is 54.0 Å². The van der Waals surface area contributed by atoms with Gasteiger partial charge in [-0.1, -0.05) is 6.92 Å². The van der Waals surface area contributed by atoms with Gasteiger partial charge in [0.15, 0.2) is 0 Å². The zero-order valence-electron chi connectivity index (χ0n) is 12.3. The number of hydrogen-bond donors (Lipinski definition) is 1. The minimum Gasteiger partial charge on any atom is -0.383 e. The quantitative estimate of drug-likeness (QED) is 0.617. The summed E-state index contributed by atoms with van der Waals surface area (Å²) in [5.74, 6) is 0.108. The number of amides is 1. The lowest BCUT2D eigenvalue weighted by atomic mass is 10.1. The van der Waals surface area contributed by atoms with Gasteiger partial charge >= 0.3 is 0 Å². The zero-order valence-corrected chi connectivity index (χ0v) is 12.3. The first kappa shape index (κ1) is 17.4. The SMILES string of the molecule is CCC(CN)C(=O)N(CCCN(C)C)CCOC. The number of nitrogens with two attached hydrogens (primary N) is 1. The Balaban J connectivity index is 4.31. The summed E-state index contributed by atoms with van der Waals surface area (Å²) in [6, 6.07) is 0. The summed E-state index contributed by atoms with van der Waals surface area (Å²) in [4.78, 5) is 16.3. The van der Waals surface area contributed by atoms with E-state index in [1.807, 2.05) is 25.9 Å². The van der Waals surface area contributed by atoms with Crippen molar-refractivity contribution in [1.29, 1.82) is 0 Å². The molecule has 0 saturated carbocycles. The van der Waals surface area contributed by atoms with Crippen molar-refractivity contribution in [2.24, 2.45) is 11.7 Å². The van der Waals surface area contributed by atoms with E-state index in [2.05, 4.69) is 4.90 Å². The zero-order chi connectivity index (χ0) is 14.0. The molecule has 0 spiro atoms. The summed E-state index contributed by atoms with van der Waals surface area (Å²) in [5, 5.41) is 0. The Labute approximate surface area is 111 Å². The van der Waals surface area contributed by atoms with Gasteiger partial charge in [-0.05, 0) is 33.5 Å². The van der Waals surface area contributed by atoms with Crippen molar-refractivity contribution in [3.63, 3.8) is 0 Å². The molecule has 5 nitrogen and oxygen atoms in total. The van der Waals surface area contributed by atoms with Crippen LogP contribution in [0.3, 0.4) is 0 Å². The van der Waals surface area contributed by atoms with Crippen molar-refractivity contribution < 1.29 is 9.53 Å². The summed E-state index contributed by atoms with van der Waals surface area (Å²) in [6.45, 7) is 5.41. The van der Waals surface area contributed by atoms with E-state index in [0.29, 0.717) is 19.7 Å². The molecule has 108 valence electrons. The van der Waals surface area contributed by atoms with E-state index in [0.717, 1.165) is 25.9 Å². The Hall–Kier alpha value is -0.650. The molecule has 1 amide bonds. The molecule has 0 rings (SSSR count). The molecule has 1 atom stereocenters. The van der Waals surface area contributed by atoms with Gasteiger partial charge in [-0.25, -0.2) is 0 Å². The van der Waals surface area contributed by atoms with Crippen molar-refractivity contribution in [3.05, 3.63) is 0 Å². The van der Waals surface area contributed by atoms with Gasteiger partial charge in [0.1, 0.15) is 0 Å². The summed E-state index contributed by atoms with van der Waals surface area (Å²) in [6.07, 6.45) is 1.77. The molecule has 0 radical (unpaired) electrons. The average molecular weight is 259 g/mol. The Bertz CT molecular complexity index is 218. The lowest BCUT2D eigenvalue weighted by Crippen LogP contribution is -2.41. The molecule has 0 heterocycles. The van der Waals surface area contributed by atoms with E-state index in [1.165, 1.54) is 0 Å². The van der Waals surface area contributed by atoms with Gasteiger partial charge in [-0.15, -0.1) is 0 Å². The van der Waals surface area contributed by atoms with Crippen molar-refractivity contribution in [1.82, 2.24) is 9.80 Å². The number of nitrogens with zero attached hydrogens (tertiary/aromatic N) is 2. The van der Waals surface area contributed by atoms with E-state index in [-0.39, 0.29) is 11.8 Å². The second-order valence-corrected chi connectivity index (χ2v) is 4.82. The van der Waals surface area contributed by atoms with Gasteiger partial charge in [-0.3, -0.25) is 4.79 Å². The molecule has 0 bridgehead atoms. The minimum atomic E-state index is -0.0544. The van der Waals surface area contributed by atoms with Gasteiger partial charge in [0.25, 0.3) is 0 Å². The molecule has 0 aromatic carbocycles. The maximum atomic E-state index is 12.3. The van der Waals surface area contributed by atoms with E-state index in [4.69, 9.17) is 10.5 Å². The van der Waals surface area contributed by atoms with E-state index >= 15 is 0 Å². The highest BCUT2D eigenvalue weighted by molar-refractivity contribution is 5.79. The van der Waals surface area contributed by atoms with Gasteiger partial charge in [0.2, 0.25) is 5.91 Å². The van der Waals surface area contributed by atoms with Gasteiger partial charge in [-0.2, -0.15) is 0 Å². The molecule has 0 aliphatic rings. The van der Waals surface area contributed by atoms with Crippen molar-refractivity contribution >= 4 is 5.91 Å². The second kappa shape index (κ2) is 10.3. The highest BCUT2D eigenvalue weighted by Crippen LogP contribution is 2.07. The molecule has 0 aliphatic heterocycles. The number of hydrogen-bond acceptors (Lipinski definition) is 4. The molecule has 0 fully saturated rings. The van der Waals surface area contributed by atoms with Gasteiger partial charge in [0, 0.05) is 26.7 Å². The van der Waals surface area contributed by atoms with Crippen LogP contribution in [0.5, 0.6) is 0 Å². The van der Waals surface area contributed by atoms with Crippen LogP contribution in [0.25, 0.3) is 0 Å². The monoisotopic (exact) mass is 259 g/mol. The molecule has 0 aromatic heterocycles. The molecule has 2 N–H and O–H groups in total. The van der Waals surface area contributed by atoms with Gasteiger partial charge < -0.3 is 20.3 Å². The topological polar surface area (TPSA) is 58.8 Å². The molecular formula is C13H29N3O2. The smallest absolute Gasteiger partial charge is 0.227 e. The van der Waals surface area contributed by atoms with Crippen molar-refractivity contribution in [2.45, 2.75) is 19.8 Å². The van der Waals surface area contributed by atoms with E-state index in [1.54, 1.807) is 7.11 Å². The summed E-state index contributed by atoms with van der Waals surface area (Å²) in [7, 11) is 5.73. The number of carbonyl (C=O) groups excluding carboxylic acids is 1. The fraction of sp³-hybridized carbons (Fsp3) is 0.923. The van der Waals surface area contributed by atoms with Crippen LogP contribution in [0, 0.1) is 5.92 Å². The van der Waals surface area contributed by atoms with E-state index in [9.17, 15) is 4.79 Å². The molecule has 5 heteroatoms. The average Bonchev–Trinajstić information content (AvgIpc) is 2.34. The van der Waals surface area contributed by atoms with Crippen LogP contribution in [0.1, 0.15) is 19.8 Å². The maximum absolute atomic E-state index is 12.3. The first-order valence-corrected chi connectivity index (χ1v) is 6.69. The molecular weight excluding hydrogens is 230 g/mol. The molecule has 18 heavy (non-hydrogen) atoms. The Kier molecular flexibility index (Phi) is 9.92. The third-order valence-electron chi connectivity index (χ3n) is 3.04. The maximum Gasteiger partial charge on any atom is 0.227 e. The van der Waals surface area contributed by atoms with Crippen LogP contribution in [-0.4, -0.2) is 69.7 Å². The summed E-state index contributed by atoms with van der Waals surface area (Å²) < 4.78 is 5.06. The molecule has 1 unspecified atom stereocenters. The normalized spacial score (nSPS) is 12.8. The minimum absolute atomic E-state index is 0.0544. The lowest BCUT2D eigenvalue weighted by Gasteiger charge is -2.26. The van der Waals surface area contributed by atoms with Crippen LogP contribution >= 0.6 is 0 Å². The first-order chi connectivity index (χ1) is 8.56. The fourth-order valence-electron chi connectivity index (χ4n) is 1.81. The van der Waals surface area contributed by atoms with Gasteiger partial charge in [0.05, 0.1) is 12.5 Å². The third-order valence-corrected chi connectivity index (χ3v) is 3.04. The van der Waals surface area contributed by atoms with E-state index < -0.39 is 0 Å². The van der Waals surface area contributed by atoms with Crippen molar-refractivity contribution in [3.8, 4) is 0 Å². The Morgan fingerprint density at radius 1 is 1.28 bits per heavy atom. The summed E-state index contributed by atoms with van der Waals surface area (Å²) in [5.41, 5.74) is 5.64. The predicted molar refractivity (Wildman–Crippen MR) is 74.5 cm³/mol. The number of ether oxygens (including phenoxy) is 1. The van der Waals surface area contributed by atoms with Crippen LogP contribution in [-0.2, 0) is 9.53 Å². The van der Waals surface area contributed by atoms with Crippen LogP contribution < -0.4 is 5.73 Å². The standard InChI is InChI=1S/C13H29N3O2/c1-5-12(11-14)13(17)16(9-10-18-4)8-6-7-15(2)3/h12H,5-11,14H2,1-4H3. The Morgan fingerprint density at radius 2 is 1.94 bits per heavy atom. The van der Waals surface area contributed by atoms with Crippen LogP contribution in [0.15, 0.2) is 0 Å². The largest absolute Gasteiger partial charge is 0.383 e. The lowest BCUT2D eigenvalue weighted by molar-refractivity contribution is -0.136. The first-order valence-electron chi connectivity index (χ1n) is 6.69. The Morgan fingerprint density at radius 3 is 2.39 bits per heavy atom. The number of carbonyl (C=O) groups is 1. The third kappa shape index (κ3) is 6.93. The highest BCUT2D eigenvalue weighted by Gasteiger charge is 2.21. The predicted octanol–water partition coefficient (Wildman–Crippen LogP) is 0.398.